The summed E-state index contributed by atoms with van der Waals surface area (Å²) in [7, 11) is 2.20. The lowest BCUT2D eigenvalue weighted by molar-refractivity contribution is -0.144. The number of carbonyl (C=O) groups excluding carboxylic acids is 1. The maximum absolute atomic E-state index is 12.7. The summed E-state index contributed by atoms with van der Waals surface area (Å²) in [6.07, 6.45) is 11.5. The first kappa shape index (κ1) is 16.8. The van der Waals surface area contributed by atoms with Crippen molar-refractivity contribution >= 4 is 5.91 Å². The summed E-state index contributed by atoms with van der Waals surface area (Å²) in [5.41, 5.74) is 5.67. The van der Waals surface area contributed by atoms with Crippen LogP contribution in [0.1, 0.15) is 64.2 Å². The third-order valence-electron chi connectivity index (χ3n) is 5.27. The van der Waals surface area contributed by atoms with Crippen molar-refractivity contribution in [1.82, 2.24) is 9.80 Å². The van der Waals surface area contributed by atoms with E-state index in [1.165, 1.54) is 32.1 Å². The van der Waals surface area contributed by atoms with Crippen molar-refractivity contribution in [3.05, 3.63) is 0 Å². The smallest absolute Gasteiger partial charge is 0.223 e. The Labute approximate surface area is 130 Å². The van der Waals surface area contributed by atoms with Crippen LogP contribution in [0.25, 0.3) is 0 Å². The van der Waals surface area contributed by atoms with Gasteiger partial charge in [-0.05, 0) is 39.3 Å². The van der Waals surface area contributed by atoms with E-state index in [2.05, 4.69) is 16.8 Å². The second-order valence-corrected chi connectivity index (χ2v) is 7.02. The largest absolute Gasteiger partial charge is 0.334 e. The highest BCUT2D eigenvalue weighted by Crippen LogP contribution is 2.36. The number of hydrogen-bond acceptors (Lipinski definition) is 3. The highest BCUT2D eigenvalue weighted by molar-refractivity contribution is 5.77. The van der Waals surface area contributed by atoms with Crippen LogP contribution in [-0.4, -0.2) is 54.5 Å². The number of amides is 1. The zero-order chi connectivity index (χ0) is 15.1. The Balaban J connectivity index is 1.87. The lowest BCUT2D eigenvalue weighted by Gasteiger charge is -2.52. The van der Waals surface area contributed by atoms with Crippen LogP contribution in [0.4, 0.5) is 0 Å². The predicted molar refractivity (Wildman–Crippen MR) is 87.2 cm³/mol. The van der Waals surface area contributed by atoms with E-state index in [1.807, 2.05) is 0 Å². The fourth-order valence-corrected chi connectivity index (χ4v) is 4.11. The molecule has 1 spiro atoms. The second kappa shape index (κ2) is 8.14. The second-order valence-electron chi connectivity index (χ2n) is 7.02. The standard InChI is InChI=1S/C17H33N3O/c1-19-13-14-20(16(21)9-5-2-3-8-12-18)17(15-19)10-6-4-7-11-17/h2-15,18H2,1H3. The van der Waals surface area contributed by atoms with Crippen molar-refractivity contribution < 1.29 is 4.79 Å². The first-order chi connectivity index (χ1) is 10.2. The minimum Gasteiger partial charge on any atom is -0.334 e. The summed E-state index contributed by atoms with van der Waals surface area (Å²) in [4.78, 5) is 17.4. The molecule has 4 nitrogen and oxygen atoms in total. The zero-order valence-corrected chi connectivity index (χ0v) is 13.8. The maximum Gasteiger partial charge on any atom is 0.223 e. The number of unbranched alkanes of at least 4 members (excludes halogenated alkanes) is 3. The molecule has 0 aromatic carbocycles. The molecule has 21 heavy (non-hydrogen) atoms. The normalized spacial score (nSPS) is 22.7. The van der Waals surface area contributed by atoms with Gasteiger partial charge in [-0.15, -0.1) is 0 Å². The molecule has 1 saturated heterocycles. The third-order valence-corrected chi connectivity index (χ3v) is 5.27. The van der Waals surface area contributed by atoms with Crippen molar-refractivity contribution in [3.8, 4) is 0 Å². The number of likely N-dealkylation sites (N-methyl/N-ethyl adjacent to an activating group) is 1. The quantitative estimate of drug-likeness (QED) is 0.765. The molecule has 122 valence electrons. The molecule has 1 heterocycles. The summed E-state index contributed by atoms with van der Waals surface area (Å²) in [6.45, 7) is 3.81. The van der Waals surface area contributed by atoms with Gasteiger partial charge < -0.3 is 15.5 Å². The number of carbonyl (C=O) groups is 1. The van der Waals surface area contributed by atoms with Crippen LogP contribution in [0, 0.1) is 0 Å². The van der Waals surface area contributed by atoms with Crippen LogP contribution in [0.3, 0.4) is 0 Å². The molecule has 4 heteroatoms. The third kappa shape index (κ3) is 4.43. The van der Waals surface area contributed by atoms with Crippen LogP contribution >= 0.6 is 0 Å². The van der Waals surface area contributed by atoms with E-state index >= 15 is 0 Å². The van der Waals surface area contributed by atoms with Crippen molar-refractivity contribution in [2.75, 3.05) is 33.2 Å². The molecule has 2 aliphatic rings. The highest BCUT2D eigenvalue weighted by atomic mass is 16.2. The lowest BCUT2D eigenvalue weighted by Crippen LogP contribution is -2.63. The molecule has 2 N–H and O–H groups in total. The Morgan fingerprint density at radius 3 is 2.48 bits per heavy atom. The number of piperazine rings is 1. The number of hydrogen-bond donors (Lipinski definition) is 1. The molecule has 1 aliphatic carbocycles. The van der Waals surface area contributed by atoms with E-state index in [-0.39, 0.29) is 5.54 Å². The van der Waals surface area contributed by atoms with E-state index in [4.69, 9.17) is 5.73 Å². The molecule has 1 aliphatic heterocycles. The minimum absolute atomic E-state index is 0.152. The Morgan fingerprint density at radius 1 is 1.05 bits per heavy atom. The monoisotopic (exact) mass is 295 g/mol. The van der Waals surface area contributed by atoms with Crippen LogP contribution in [0.15, 0.2) is 0 Å². The molecule has 0 radical (unpaired) electrons. The zero-order valence-electron chi connectivity index (χ0n) is 13.8. The van der Waals surface area contributed by atoms with Gasteiger partial charge in [-0.2, -0.15) is 0 Å². The Kier molecular flexibility index (Phi) is 6.49. The van der Waals surface area contributed by atoms with E-state index in [1.54, 1.807) is 0 Å². The van der Waals surface area contributed by atoms with Crippen molar-refractivity contribution in [2.45, 2.75) is 69.7 Å². The van der Waals surface area contributed by atoms with Crippen LogP contribution in [0.2, 0.25) is 0 Å². The molecule has 2 rings (SSSR count). The fourth-order valence-electron chi connectivity index (χ4n) is 4.11. The molecular formula is C17H33N3O. The van der Waals surface area contributed by atoms with Gasteiger partial charge in [0.1, 0.15) is 0 Å². The Bertz CT molecular complexity index is 326. The number of nitrogens with zero attached hydrogens (tertiary/aromatic N) is 2. The van der Waals surface area contributed by atoms with E-state index in [0.717, 1.165) is 58.3 Å². The molecule has 0 atom stereocenters. The molecule has 0 aromatic rings. The molecule has 0 unspecified atom stereocenters. The van der Waals surface area contributed by atoms with Gasteiger partial charge >= 0.3 is 0 Å². The van der Waals surface area contributed by atoms with Gasteiger partial charge in [0.15, 0.2) is 0 Å². The average Bonchev–Trinajstić information content (AvgIpc) is 2.47. The summed E-state index contributed by atoms with van der Waals surface area (Å²) < 4.78 is 0. The van der Waals surface area contributed by atoms with Crippen LogP contribution in [-0.2, 0) is 4.79 Å². The minimum atomic E-state index is 0.152. The highest BCUT2D eigenvalue weighted by Gasteiger charge is 2.43. The first-order valence-electron chi connectivity index (χ1n) is 8.87. The van der Waals surface area contributed by atoms with Crippen molar-refractivity contribution in [1.29, 1.82) is 0 Å². The van der Waals surface area contributed by atoms with Crippen LogP contribution < -0.4 is 5.73 Å². The maximum atomic E-state index is 12.7. The summed E-state index contributed by atoms with van der Waals surface area (Å²) in [5, 5.41) is 0. The molecular weight excluding hydrogens is 262 g/mol. The van der Waals surface area contributed by atoms with Gasteiger partial charge in [0.2, 0.25) is 5.91 Å². The van der Waals surface area contributed by atoms with Gasteiger partial charge in [0.05, 0.1) is 5.54 Å². The molecule has 1 saturated carbocycles. The van der Waals surface area contributed by atoms with Gasteiger partial charge in [0, 0.05) is 26.1 Å². The topological polar surface area (TPSA) is 49.6 Å². The first-order valence-corrected chi connectivity index (χ1v) is 8.87. The SMILES string of the molecule is CN1CCN(C(=O)CCCCCCN)C2(CCCCC2)C1. The fraction of sp³-hybridized carbons (Fsp3) is 0.941. The van der Waals surface area contributed by atoms with Gasteiger partial charge in [-0.3, -0.25) is 4.79 Å². The van der Waals surface area contributed by atoms with Gasteiger partial charge in [-0.25, -0.2) is 0 Å². The Morgan fingerprint density at radius 2 is 1.76 bits per heavy atom. The molecule has 1 amide bonds. The number of rotatable bonds is 6. The molecule has 0 aromatic heterocycles. The van der Waals surface area contributed by atoms with E-state index < -0.39 is 0 Å². The van der Waals surface area contributed by atoms with Crippen molar-refractivity contribution in [3.63, 3.8) is 0 Å². The molecule has 0 bridgehead atoms. The van der Waals surface area contributed by atoms with Gasteiger partial charge in [-0.1, -0.05) is 32.1 Å². The van der Waals surface area contributed by atoms with Crippen LogP contribution in [0.5, 0.6) is 0 Å². The predicted octanol–water partition coefficient (Wildman–Crippen LogP) is 2.37. The summed E-state index contributed by atoms with van der Waals surface area (Å²) in [6, 6.07) is 0. The average molecular weight is 295 g/mol. The molecule has 2 fully saturated rings. The lowest BCUT2D eigenvalue weighted by atomic mass is 9.78. The summed E-state index contributed by atoms with van der Waals surface area (Å²) >= 11 is 0. The van der Waals surface area contributed by atoms with E-state index in [0.29, 0.717) is 5.91 Å². The van der Waals surface area contributed by atoms with Gasteiger partial charge in [0.25, 0.3) is 0 Å². The van der Waals surface area contributed by atoms with E-state index in [9.17, 15) is 4.79 Å². The summed E-state index contributed by atoms with van der Waals surface area (Å²) in [5.74, 6) is 0.401. The number of nitrogens with two attached hydrogens (primary N) is 1. The van der Waals surface area contributed by atoms with Crippen molar-refractivity contribution in [2.24, 2.45) is 5.73 Å². The Hall–Kier alpha value is -0.610.